The number of nitrogens with one attached hydrogen (secondary N) is 1. The van der Waals surface area contributed by atoms with Gasteiger partial charge in [0.15, 0.2) is 5.82 Å². The summed E-state index contributed by atoms with van der Waals surface area (Å²) >= 11 is 0. The summed E-state index contributed by atoms with van der Waals surface area (Å²) in [6.07, 6.45) is 4.39. The molecule has 1 N–H and O–H groups in total. The molecule has 0 bridgehead atoms. The van der Waals surface area contributed by atoms with Crippen molar-refractivity contribution >= 4 is 22.6 Å². The maximum atomic E-state index is 13.5. The molecule has 3 heterocycles. The molecule has 0 fully saturated rings. The lowest BCUT2D eigenvalue weighted by molar-refractivity contribution is 0.102. The lowest BCUT2D eigenvalue weighted by Gasteiger charge is -2.10. The number of benzene rings is 3. The minimum Gasteiger partial charge on any atom is -0.322 e. The maximum Gasteiger partial charge on any atom is 0.255 e. The Balaban J connectivity index is 1.30. The Labute approximate surface area is 207 Å². The topological polar surface area (TPSA) is 77.6 Å². The average molecular weight is 481 g/mol. The van der Waals surface area contributed by atoms with E-state index in [0.717, 1.165) is 65.6 Å². The van der Waals surface area contributed by atoms with Gasteiger partial charge in [-0.1, -0.05) is 18.6 Å². The summed E-state index contributed by atoms with van der Waals surface area (Å²) in [5.41, 5.74) is 4.46. The first kappa shape index (κ1) is 22.2. The first-order chi connectivity index (χ1) is 17.6. The molecular formula is C28H25FN6O. The summed E-state index contributed by atoms with van der Waals surface area (Å²) in [6, 6.07) is 19.4. The van der Waals surface area contributed by atoms with E-state index in [9.17, 15) is 9.18 Å². The molecule has 8 heteroatoms. The number of carbonyl (C=O) groups is 1. The Morgan fingerprint density at radius 2 is 1.83 bits per heavy atom. The van der Waals surface area contributed by atoms with E-state index in [0.29, 0.717) is 11.3 Å². The van der Waals surface area contributed by atoms with Crippen LogP contribution in [0.5, 0.6) is 0 Å². The summed E-state index contributed by atoms with van der Waals surface area (Å²) in [7, 11) is 0. The highest BCUT2D eigenvalue weighted by atomic mass is 19.1. The second-order valence-corrected chi connectivity index (χ2v) is 9.11. The zero-order valence-corrected chi connectivity index (χ0v) is 19.9. The van der Waals surface area contributed by atoms with E-state index in [1.54, 1.807) is 18.2 Å². The molecule has 3 aromatic carbocycles. The fourth-order valence-electron chi connectivity index (χ4n) is 4.89. The number of imidazole rings is 1. The van der Waals surface area contributed by atoms with Crippen LogP contribution in [0.1, 0.15) is 41.3 Å². The van der Waals surface area contributed by atoms with Crippen LogP contribution in [0.15, 0.2) is 66.7 Å². The van der Waals surface area contributed by atoms with Crippen molar-refractivity contribution in [2.24, 2.45) is 0 Å². The van der Waals surface area contributed by atoms with Crippen LogP contribution in [0.4, 0.5) is 10.1 Å². The third-order valence-electron chi connectivity index (χ3n) is 6.66. The van der Waals surface area contributed by atoms with Crippen LogP contribution in [0.2, 0.25) is 0 Å². The Morgan fingerprint density at radius 3 is 2.69 bits per heavy atom. The van der Waals surface area contributed by atoms with Crippen molar-refractivity contribution in [3.05, 3.63) is 89.8 Å². The number of aromatic nitrogens is 5. The van der Waals surface area contributed by atoms with Gasteiger partial charge in [0.05, 0.1) is 11.0 Å². The highest BCUT2D eigenvalue weighted by molar-refractivity contribution is 6.06. The molecule has 1 amide bonds. The van der Waals surface area contributed by atoms with Crippen molar-refractivity contribution in [2.75, 3.05) is 5.32 Å². The summed E-state index contributed by atoms with van der Waals surface area (Å²) < 4.78 is 17.6. The lowest BCUT2D eigenvalue weighted by Crippen LogP contribution is -2.12. The number of hydrogen-bond donors (Lipinski definition) is 1. The molecular weight excluding hydrogens is 455 g/mol. The number of aryl methyl sites for hydroxylation is 2. The Morgan fingerprint density at radius 1 is 0.972 bits per heavy atom. The van der Waals surface area contributed by atoms with Gasteiger partial charge in [0, 0.05) is 35.5 Å². The number of carbonyl (C=O) groups excluding carboxylic acids is 1. The number of nitrogens with zero attached hydrogens (tertiary/aromatic N) is 5. The summed E-state index contributed by atoms with van der Waals surface area (Å²) in [4.78, 5) is 17.8. The zero-order chi connectivity index (χ0) is 24.6. The third-order valence-corrected chi connectivity index (χ3v) is 6.66. The molecule has 5 aromatic rings. The minimum absolute atomic E-state index is 0.223. The van der Waals surface area contributed by atoms with Gasteiger partial charge in [-0.25, -0.2) is 9.37 Å². The summed E-state index contributed by atoms with van der Waals surface area (Å²) in [5, 5.41) is 11.8. The highest BCUT2D eigenvalue weighted by Gasteiger charge is 2.17. The van der Waals surface area contributed by atoms with E-state index in [1.165, 1.54) is 18.6 Å². The van der Waals surface area contributed by atoms with Crippen molar-refractivity contribution in [2.45, 2.75) is 39.2 Å². The molecule has 2 aromatic heterocycles. The Kier molecular flexibility index (Phi) is 5.56. The molecule has 0 radical (unpaired) electrons. The van der Waals surface area contributed by atoms with Gasteiger partial charge >= 0.3 is 0 Å². The molecule has 36 heavy (non-hydrogen) atoms. The normalized spacial score (nSPS) is 13.4. The molecule has 0 saturated heterocycles. The molecule has 1 aliphatic heterocycles. The standard InChI is InChI=1S/C28H25FN6O/c1-18-30-24-14-9-20(17-25(24)35(18)23-12-10-21(29)11-13-23)28(36)31-22-7-5-6-19(16-22)27-33-32-26-8-3-2-4-15-34(26)27/h5-7,9-14,16-17H,2-4,8,15H2,1H3,(H,31,36). The van der Waals surface area contributed by atoms with E-state index in [1.807, 2.05) is 47.9 Å². The number of amides is 1. The Bertz CT molecular complexity index is 1580. The van der Waals surface area contributed by atoms with Crippen LogP contribution in [-0.2, 0) is 13.0 Å². The number of halogens is 1. The predicted molar refractivity (Wildman–Crippen MR) is 137 cm³/mol. The molecule has 180 valence electrons. The van der Waals surface area contributed by atoms with Gasteiger partial charge < -0.3 is 9.88 Å². The number of hydrogen-bond acceptors (Lipinski definition) is 4. The third kappa shape index (κ3) is 4.04. The maximum absolute atomic E-state index is 13.5. The summed E-state index contributed by atoms with van der Waals surface area (Å²) in [5.74, 6) is 2.10. The number of anilines is 1. The molecule has 0 saturated carbocycles. The van der Waals surface area contributed by atoms with Crippen molar-refractivity contribution in [3.8, 4) is 17.1 Å². The van der Waals surface area contributed by atoms with Crippen molar-refractivity contribution < 1.29 is 9.18 Å². The van der Waals surface area contributed by atoms with Gasteiger partial charge in [-0.05, 0) is 74.4 Å². The van der Waals surface area contributed by atoms with E-state index in [2.05, 4.69) is 25.1 Å². The smallest absolute Gasteiger partial charge is 0.255 e. The van der Waals surface area contributed by atoms with Crippen molar-refractivity contribution in [1.29, 1.82) is 0 Å². The van der Waals surface area contributed by atoms with Gasteiger partial charge in [-0.3, -0.25) is 9.36 Å². The first-order valence-corrected chi connectivity index (χ1v) is 12.2. The van der Waals surface area contributed by atoms with E-state index < -0.39 is 0 Å². The second kappa shape index (κ2) is 9.03. The van der Waals surface area contributed by atoms with Crippen LogP contribution in [0.25, 0.3) is 28.1 Å². The lowest BCUT2D eigenvalue weighted by atomic mass is 10.1. The molecule has 6 rings (SSSR count). The van der Waals surface area contributed by atoms with Crippen molar-refractivity contribution in [3.63, 3.8) is 0 Å². The largest absolute Gasteiger partial charge is 0.322 e. The summed E-state index contributed by atoms with van der Waals surface area (Å²) in [6.45, 7) is 2.80. The molecule has 0 unspecified atom stereocenters. The first-order valence-electron chi connectivity index (χ1n) is 12.2. The van der Waals surface area contributed by atoms with Crippen LogP contribution in [-0.4, -0.2) is 30.2 Å². The van der Waals surface area contributed by atoms with Gasteiger partial charge in [0.1, 0.15) is 17.5 Å². The molecule has 7 nitrogen and oxygen atoms in total. The molecule has 0 aliphatic carbocycles. The quantitative estimate of drug-likeness (QED) is 0.357. The molecule has 1 aliphatic rings. The van der Waals surface area contributed by atoms with Crippen LogP contribution >= 0.6 is 0 Å². The van der Waals surface area contributed by atoms with Gasteiger partial charge in [0.2, 0.25) is 0 Å². The Hall–Kier alpha value is -4.33. The second-order valence-electron chi connectivity index (χ2n) is 9.11. The zero-order valence-electron chi connectivity index (χ0n) is 19.9. The van der Waals surface area contributed by atoms with E-state index in [4.69, 9.17) is 0 Å². The average Bonchev–Trinajstić information content (AvgIpc) is 3.35. The minimum atomic E-state index is -0.301. The monoisotopic (exact) mass is 480 g/mol. The van der Waals surface area contributed by atoms with Gasteiger partial charge in [-0.2, -0.15) is 0 Å². The fraction of sp³-hybridized carbons (Fsp3) is 0.214. The van der Waals surface area contributed by atoms with Crippen molar-refractivity contribution in [1.82, 2.24) is 24.3 Å². The van der Waals surface area contributed by atoms with Crippen LogP contribution in [0, 0.1) is 12.7 Å². The predicted octanol–water partition coefficient (Wildman–Crippen LogP) is 5.71. The number of fused-ring (bicyclic) bond motifs is 2. The van der Waals surface area contributed by atoms with E-state index >= 15 is 0 Å². The van der Waals surface area contributed by atoms with Gasteiger partial charge in [0.25, 0.3) is 5.91 Å². The van der Waals surface area contributed by atoms with E-state index in [-0.39, 0.29) is 11.7 Å². The van der Waals surface area contributed by atoms with Crippen LogP contribution in [0.3, 0.4) is 0 Å². The van der Waals surface area contributed by atoms with Crippen LogP contribution < -0.4 is 5.32 Å². The molecule has 0 spiro atoms. The SMILES string of the molecule is Cc1nc2ccc(C(=O)Nc3cccc(-c4nnc5n4CCCCC5)c3)cc2n1-c1ccc(F)cc1. The fourth-order valence-corrected chi connectivity index (χ4v) is 4.89. The molecule has 0 atom stereocenters. The highest BCUT2D eigenvalue weighted by Crippen LogP contribution is 2.26. The van der Waals surface area contributed by atoms with Gasteiger partial charge in [-0.15, -0.1) is 10.2 Å². The number of rotatable bonds is 4.